The molecule has 0 heterocycles. The van der Waals surface area contributed by atoms with Crippen LogP contribution in [0.3, 0.4) is 0 Å². The van der Waals surface area contributed by atoms with E-state index in [0.29, 0.717) is 6.04 Å². The summed E-state index contributed by atoms with van der Waals surface area (Å²) in [5.41, 5.74) is 2.96. The Balaban J connectivity index is 2.07. The number of benzene rings is 2. The van der Waals surface area contributed by atoms with Crippen LogP contribution >= 0.6 is 0 Å². The first-order chi connectivity index (χ1) is 9.72. The highest BCUT2D eigenvalue weighted by Crippen LogP contribution is 2.48. The summed E-state index contributed by atoms with van der Waals surface area (Å²) in [4.78, 5) is 0. The molecule has 1 N–H and O–H groups in total. The molecule has 106 valence electrons. The van der Waals surface area contributed by atoms with Gasteiger partial charge in [-0.1, -0.05) is 50.2 Å². The van der Waals surface area contributed by atoms with Gasteiger partial charge in [-0.15, -0.1) is 0 Å². The third kappa shape index (κ3) is 2.47. The summed E-state index contributed by atoms with van der Waals surface area (Å²) in [6, 6.07) is 13.9. The van der Waals surface area contributed by atoms with Crippen LogP contribution in [0.1, 0.15) is 43.9 Å². The zero-order chi connectivity index (χ0) is 14.1. The molecule has 1 heteroatoms. The SMILES string of the molecule is CCCNC(c1c(C)ccc2ccccc12)C1CC1C. The predicted octanol–water partition coefficient (Wildman–Crippen LogP) is 4.84. The largest absolute Gasteiger partial charge is 0.310 e. The summed E-state index contributed by atoms with van der Waals surface area (Å²) in [5, 5.41) is 6.61. The molecule has 1 saturated carbocycles. The Kier molecular flexibility index (Phi) is 3.80. The van der Waals surface area contributed by atoms with Gasteiger partial charge in [-0.2, -0.15) is 0 Å². The van der Waals surface area contributed by atoms with Crippen molar-refractivity contribution in [3.8, 4) is 0 Å². The van der Waals surface area contributed by atoms with E-state index in [0.717, 1.165) is 18.4 Å². The van der Waals surface area contributed by atoms with Crippen LogP contribution in [0.25, 0.3) is 10.8 Å². The summed E-state index contributed by atoms with van der Waals surface area (Å²) in [5.74, 6) is 1.67. The lowest BCUT2D eigenvalue weighted by Crippen LogP contribution is -2.25. The molecular weight excluding hydrogens is 242 g/mol. The fraction of sp³-hybridized carbons (Fsp3) is 0.474. The van der Waals surface area contributed by atoms with Crippen LogP contribution in [0, 0.1) is 18.8 Å². The van der Waals surface area contributed by atoms with Crippen molar-refractivity contribution in [3.05, 3.63) is 47.5 Å². The molecule has 0 bridgehead atoms. The Labute approximate surface area is 122 Å². The van der Waals surface area contributed by atoms with Crippen LogP contribution in [0.15, 0.2) is 36.4 Å². The molecule has 0 aromatic heterocycles. The van der Waals surface area contributed by atoms with Gasteiger partial charge in [-0.05, 0) is 60.0 Å². The Morgan fingerprint density at radius 1 is 1.20 bits per heavy atom. The lowest BCUT2D eigenvalue weighted by molar-refractivity contribution is 0.464. The fourth-order valence-electron chi connectivity index (χ4n) is 3.40. The molecule has 0 aliphatic heterocycles. The van der Waals surface area contributed by atoms with E-state index in [-0.39, 0.29) is 0 Å². The van der Waals surface area contributed by atoms with E-state index in [2.05, 4.69) is 62.5 Å². The molecule has 0 amide bonds. The van der Waals surface area contributed by atoms with Crippen molar-refractivity contribution < 1.29 is 0 Å². The van der Waals surface area contributed by atoms with Gasteiger partial charge in [0, 0.05) is 6.04 Å². The standard InChI is InChI=1S/C19H25N/c1-4-11-20-19(17-12-14(17)3)18-13(2)9-10-15-7-5-6-8-16(15)18/h5-10,14,17,19-20H,4,11-12H2,1-3H3. The Morgan fingerprint density at radius 3 is 2.65 bits per heavy atom. The van der Waals surface area contributed by atoms with E-state index in [4.69, 9.17) is 0 Å². The summed E-state index contributed by atoms with van der Waals surface area (Å²) in [6.07, 6.45) is 2.56. The van der Waals surface area contributed by atoms with Crippen LogP contribution in [-0.2, 0) is 0 Å². The highest BCUT2D eigenvalue weighted by atomic mass is 14.9. The maximum absolute atomic E-state index is 3.81. The molecule has 1 aliphatic carbocycles. The van der Waals surface area contributed by atoms with Crippen molar-refractivity contribution in [2.75, 3.05) is 6.54 Å². The topological polar surface area (TPSA) is 12.0 Å². The maximum atomic E-state index is 3.81. The average molecular weight is 267 g/mol. The van der Waals surface area contributed by atoms with Gasteiger partial charge in [0.2, 0.25) is 0 Å². The quantitative estimate of drug-likeness (QED) is 0.817. The predicted molar refractivity (Wildman–Crippen MR) is 87.0 cm³/mol. The second-order valence-electron chi connectivity index (χ2n) is 6.33. The van der Waals surface area contributed by atoms with Gasteiger partial charge < -0.3 is 5.32 Å². The number of fused-ring (bicyclic) bond motifs is 1. The molecule has 20 heavy (non-hydrogen) atoms. The van der Waals surface area contributed by atoms with E-state index < -0.39 is 0 Å². The lowest BCUT2D eigenvalue weighted by atomic mass is 9.91. The normalized spacial score (nSPS) is 22.9. The molecule has 3 unspecified atom stereocenters. The van der Waals surface area contributed by atoms with E-state index >= 15 is 0 Å². The van der Waals surface area contributed by atoms with Crippen molar-refractivity contribution in [1.82, 2.24) is 5.32 Å². The van der Waals surface area contributed by atoms with Gasteiger partial charge in [-0.3, -0.25) is 0 Å². The summed E-state index contributed by atoms with van der Waals surface area (Å²) >= 11 is 0. The fourth-order valence-corrected chi connectivity index (χ4v) is 3.40. The third-order valence-electron chi connectivity index (χ3n) is 4.71. The van der Waals surface area contributed by atoms with Crippen LogP contribution in [0.5, 0.6) is 0 Å². The number of hydrogen-bond donors (Lipinski definition) is 1. The van der Waals surface area contributed by atoms with E-state index in [1.165, 1.54) is 34.7 Å². The van der Waals surface area contributed by atoms with Gasteiger partial charge in [-0.25, -0.2) is 0 Å². The third-order valence-corrected chi connectivity index (χ3v) is 4.71. The molecular formula is C19H25N. The smallest absolute Gasteiger partial charge is 0.0360 e. The monoisotopic (exact) mass is 267 g/mol. The number of nitrogens with one attached hydrogen (secondary N) is 1. The van der Waals surface area contributed by atoms with Crippen LogP contribution in [0.4, 0.5) is 0 Å². The van der Waals surface area contributed by atoms with Gasteiger partial charge in [0.1, 0.15) is 0 Å². The minimum absolute atomic E-state index is 0.524. The molecule has 0 radical (unpaired) electrons. The Morgan fingerprint density at radius 2 is 1.95 bits per heavy atom. The average Bonchev–Trinajstić information content (AvgIpc) is 3.18. The molecule has 2 aromatic carbocycles. The Bertz CT molecular complexity index is 602. The summed E-state index contributed by atoms with van der Waals surface area (Å²) in [7, 11) is 0. The molecule has 1 aliphatic rings. The molecule has 1 nitrogen and oxygen atoms in total. The lowest BCUT2D eigenvalue weighted by Gasteiger charge is -2.23. The molecule has 0 saturated heterocycles. The minimum Gasteiger partial charge on any atom is -0.310 e. The van der Waals surface area contributed by atoms with Gasteiger partial charge >= 0.3 is 0 Å². The highest BCUT2D eigenvalue weighted by Gasteiger charge is 2.40. The molecule has 0 spiro atoms. The van der Waals surface area contributed by atoms with Crippen molar-refractivity contribution in [3.63, 3.8) is 0 Å². The maximum Gasteiger partial charge on any atom is 0.0360 e. The molecule has 1 fully saturated rings. The van der Waals surface area contributed by atoms with E-state index in [1.54, 1.807) is 0 Å². The summed E-state index contributed by atoms with van der Waals surface area (Å²) < 4.78 is 0. The van der Waals surface area contributed by atoms with Crippen LogP contribution in [0.2, 0.25) is 0 Å². The van der Waals surface area contributed by atoms with Gasteiger partial charge in [0.25, 0.3) is 0 Å². The van der Waals surface area contributed by atoms with Crippen molar-refractivity contribution in [2.45, 2.75) is 39.7 Å². The molecule has 2 aromatic rings. The number of aryl methyl sites for hydroxylation is 1. The van der Waals surface area contributed by atoms with Gasteiger partial charge in [0.15, 0.2) is 0 Å². The zero-order valence-electron chi connectivity index (χ0n) is 12.8. The van der Waals surface area contributed by atoms with Crippen LogP contribution < -0.4 is 5.32 Å². The van der Waals surface area contributed by atoms with Gasteiger partial charge in [0.05, 0.1) is 0 Å². The molecule has 3 atom stereocenters. The minimum atomic E-state index is 0.524. The first kappa shape index (κ1) is 13.6. The van der Waals surface area contributed by atoms with Crippen molar-refractivity contribution >= 4 is 10.8 Å². The summed E-state index contributed by atoms with van der Waals surface area (Å²) in [6.45, 7) is 7.99. The highest BCUT2D eigenvalue weighted by molar-refractivity contribution is 5.87. The second-order valence-corrected chi connectivity index (χ2v) is 6.33. The van der Waals surface area contributed by atoms with E-state index in [9.17, 15) is 0 Å². The van der Waals surface area contributed by atoms with E-state index in [1.807, 2.05) is 0 Å². The second kappa shape index (κ2) is 5.57. The van der Waals surface area contributed by atoms with Crippen molar-refractivity contribution in [1.29, 1.82) is 0 Å². The Hall–Kier alpha value is -1.34. The van der Waals surface area contributed by atoms with Crippen LogP contribution in [-0.4, -0.2) is 6.54 Å². The van der Waals surface area contributed by atoms with Crippen molar-refractivity contribution in [2.24, 2.45) is 11.8 Å². The first-order valence-corrected chi connectivity index (χ1v) is 7.94. The number of rotatable bonds is 5. The zero-order valence-corrected chi connectivity index (χ0v) is 12.8. The number of hydrogen-bond acceptors (Lipinski definition) is 1. The molecule has 3 rings (SSSR count). The first-order valence-electron chi connectivity index (χ1n) is 7.94.